The van der Waals surface area contributed by atoms with Crippen LogP contribution in [-0.2, 0) is 10.1 Å². The summed E-state index contributed by atoms with van der Waals surface area (Å²) >= 11 is 0. The van der Waals surface area contributed by atoms with Gasteiger partial charge < -0.3 is 4.55 Å². The van der Waals surface area contributed by atoms with E-state index in [2.05, 4.69) is 30.3 Å². The molecule has 0 aliphatic heterocycles. The number of rotatable bonds is 1. The Morgan fingerprint density at radius 1 is 0.556 bits per heavy atom. The summed E-state index contributed by atoms with van der Waals surface area (Å²) in [6.45, 7) is 0. The quantitative estimate of drug-likeness (QED) is 0.255. The zero-order chi connectivity index (χ0) is 17.9. The Labute approximate surface area is 178 Å². The Morgan fingerprint density at radius 2 is 1.00 bits per heavy atom. The van der Waals surface area contributed by atoms with Gasteiger partial charge in [0.15, 0.2) is 0 Å². The standard InChI is InChI=1S/C22H14O3S.Na/c23-26(24,25)22-7-3-6-16-10-19-11-17-8-14-4-1-2-5-15(14)9-18(17)12-20(19)13-21(16)22;/h1-13H,(H,23,24,25);/q;+1/p-1. The number of hydrogen-bond acceptors (Lipinski definition) is 3. The molecule has 27 heavy (non-hydrogen) atoms. The summed E-state index contributed by atoms with van der Waals surface area (Å²) in [4.78, 5) is -0.171. The van der Waals surface area contributed by atoms with Crippen LogP contribution in [0.3, 0.4) is 0 Å². The van der Waals surface area contributed by atoms with Crippen molar-refractivity contribution < 1.29 is 42.5 Å². The Kier molecular flexibility index (Phi) is 4.49. The van der Waals surface area contributed by atoms with Gasteiger partial charge in [-0.15, -0.1) is 0 Å². The van der Waals surface area contributed by atoms with Gasteiger partial charge in [0, 0.05) is 0 Å². The number of hydrogen-bond donors (Lipinski definition) is 0. The summed E-state index contributed by atoms with van der Waals surface area (Å²) in [6.07, 6.45) is 0. The summed E-state index contributed by atoms with van der Waals surface area (Å²) < 4.78 is 34.8. The van der Waals surface area contributed by atoms with Gasteiger partial charge in [0.05, 0.1) is 4.90 Å². The summed E-state index contributed by atoms with van der Waals surface area (Å²) in [6, 6.07) is 25.2. The molecule has 0 unspecified atom stereocenters. The fraction of sp³-hybridized carbons (Fsp3) is 0. The first-order chi connectivity index (χ1) is 12.5. The Balaban J connectivity index is 0.00000180. The molecule has 0 N–H and O–H groups in total. The monoisotopic (exact) mass is 380 g/mol. The van der Waals surface area contributed by atoms with Gasteiger partial charge in [-0.25, -0.2) is 8.42 Å². The second-order valence-corrected chi connectivity index (χ2v) is 7.88. The minimum absolute atomic E-state index is 0. The average Bonchev–Trinajstić information content (AvgIpc) is 2.61. The molecule has 0 spiro atoms. The van der Waals surface area contributed by atoms with E-state index in [-0.39, 0.29) is 34.5 Å². The van der Waals surface area contributed by atoms with Crippen molar-refractivity contribution in [2.24, 2.45) is 0 Å². The van der Waals surface area contributed by atoms with E-state index in [4.69, 9.17) is 0 Å². The Bertz CT molecular complexity index is 1460. The first-order valence-electron chi connectivity index (χ1n) is 8.24. The minimum Gasteiger partial charge on any atom is -0.744 e. The van der Waals surface area contributed by atoms with Crippen LogP contribution in [-0.4, -0.2) is 13.0 Å². The van der Waals surface area contributed by atoms with Gasteiger partial charge >= 0.3 is 29.6 Å². The summed E-state index contributed by atoms with van der Waals surface area (Å²) in [5, 5.41) is 7.69. The minimum atomic E-state index is -4.52. The van der Waals surface area contributed by atoms with E-state index < -0.39 is 10.1 Å². The topological polar surface area (TPSA) is 57.2 Å². The molecule has 0 radical (unpaired) electrons. The molecular weight excluding hydrogens is 367 g/mol. The molecule has 0 aliphatic rings. The molecule has 5 aromatic rings. The van der Waals surface area contributed by atoms with Gasteiger partial charge in [0.25, 0.3) is 0 Å². The van der Waals surface area contributed by atoms with Crippen molar-refractivity contribution in [1.82, 2.24) is 0 Å². The maximum Gasteiger partial charge on any atom is 1.00 e. The van der Waals surface area contributed by atoms with Gasteiger partial charge in [-0.3, -0.25) is 0 Å². The SMILES string of the molecule is O=S(=O)([O-])c1cccc2cc3cc4cc5ccccc5cc4cc3cc12.[Na+]. The van der Waals surface area contributed by atoms with Crippen LogP contribution in [0.15, 0.2) is 83.8 Å². The summed E-state index contributed by atoms with van der Waals surface area (Å²) in [5.41, 5.74) is 0. The molecule has 5 aromatic carbocycles. The maximum atomic E-state index is 11.6. The van der Waals surface area contributed by atoms with Gasteiger partial charge in [0.2, 0.25) is 0 Å². The Hall–Kier alpha value is -1.95. The number of fused-ring (bicyclic) bond motifs is 4. The fourth-order valence-corrected chi connectivity index (χ4v) is 4.35. The van der Waals surface area contributed by atoms with Crippen molar-refractivity contribution in [3.8, 4) is 0 Å². The molecule has 0 amide bonds. The van der Waals surface area contributed by atoms with Crippen LogP contribution in [0.4, 0.5) is 0 Å². The third-order valence-corrected chi connectivity index (χ3v) is 5.78. The number of benzene rings is 5. The van der Waals surface area contributed by atoms with Crippen LogP contribution < -0.4 is 29.6 Å². The molecular formula is C22H13NaO3S. The molecule has 0 bridgehead atoms. The van der Waals surface area contributed by atoms with E-state index in [1.165, 1.54) is 11.5 Å². The predicted octanol–water partition coefficient (Wildman–Crippen LogP) is 2.21. The van der Waals surface area contributed by atoms with Gasteiger partial charge in [-0.2, -0.15) is 0 Å². The molecule has 0 saturated carbocycles. The zero-order valence-corrected chi connectivity index (χ0v) is 17.5. The molecule has 0 aromatic heterocycles. The van der Waals surface area contributed by atoms with Gasteiger partial charge in [-0.1, -0.05) is 36.4 Å². The fourth-order valence-electron chi connectivity index (χ4n) is 3.66. The molecule has 126 valence electrons. The molecule has 0 fully saturated rings. The van der Waals surface area contributed by atoms with Crippen LogP contribution in [0.1, 0.15) is 0 Å². The smallest absolute Gasteiger partial charge is 0.744 e. The van der Waals surface area contributed by atoms with Crippen molar-refractivity contribution in [1.29, 1.82) is 0 Å². The summed E-state index contributed by atoms with van der Waals surface area (Å²) in [7, 11) is -4.52. The van der Waals surface area contributed by atoms with E-state index in [1.807, 2.05) is 30.3 Å². The maximum absolute atomic E-state index is 11.6. The van der Waals surface area contributed by atoms with Crippen molar-refractivity contribution >= 4 is 53.2 Å². The van der Waals surface area contributed by atoms with E-state index in [1.54, 1.807) is 12.1 Å². The van der Waals surface area contributed by atoms with E-state index in [0.717, 1.165) is 32.3 Å². The second-order valence-electron chi connectivity index (χ2n) is 6.53. The van der Waals surface area contributed by atoms with E-state index >= 15 is 0 Å². The van der Waals surface area contributed by atoms with Crippen molar-refractivity contribution in [2.75, 3.05) is 0 Å². The van der Waals surface area contributed by atoms with Crippen LogP contribution in [0.5, 0.6) is 0 Å². The van der Waals surface area contributed by atoms with Crippen molar-refractivity contribution in [3.05, 3.63) is 78.9 Å². The van der Waals surface area contributed by atoms with Gasteiger partial charge in [-0.05, 0) is 85.6 Å². The molecule has 3 nitrogen and oxygen atoms in total. The van der Waals surface area contributed by atoms with E-state index in [0.29, 0.717) is 5.39 Å². The molecule has 0 atom stereocenters. The molecule has 0 aliphatic carbocycles. The largest absolute Gasteiger partial charge is 1.00 e. The molecule has 5 rings (SSSR count). The first kappa shape index (κ1) is 18.4. The van der Waals surface area contributed by atoms with Crippen molar-refractivity contribution in [3.63, 3.8) is 0 Å². The molecule has 0 saturated heterocycles. The van der Waals surface area contributed by atoms with E-state index in [9.17, 15) is 13.0 Å². The van der Waals surface area contributed by atoms with Crippen LogP contribution in [0, 0.1) is 0 Å². The van der Waals surface area contributed by atoms with Crippen molar-refractivity contribution in [2.45, 2.75) is 4.90 Å². The predicted molar refractivity (Wildman–Crippen MR) is 104 cm³/mol. The van der Waals surface area contributed by atoms with Gasteiger partial charge in [0.1, 0.15) is 10.1 Å². The molecule has 0 heterocycles. The first-order valence-corrected chi connectivity index (χ1v) is 9.65. The third kappa shape index (κ3) is 3.14. The van der Waals surface area contributed by atoms with Crippen LogP contribution in [0.2, 0.25) is 0 Å². The second kappa shape index (κ2) is 6.59. The molecule has 5 heteroatoms. The zero-order valence-electron chi connectivity index (χ0n) is 14.6. The summed E-state index contributed by atoms with van der Waals surface area (Å²) in [5.74, 6) is 0. The third-order valence-electron chi connectivity index (χ3n) is 4.89. The van der Waals surface area contributed by atoms with Crippen LogP contribution >= 0.6 is 0 Å². The van der Waals surface area contributed by atoms with Crippen LogP contribution in [0.25, 0.3) is 43.1 Å². The Morgan fingerprint density at radius 3 is 1.56 bits per heavy atom. The average molecular weight is 380 g/mol. The normalized spacial score (nSPS) is 11.9.